The minimum absolute atomic E-state index is 0.384. The highest BCUT2D eigenvalue weighted by Gasteiger charge is 2.24. The molecule has 4 heteroatoms. The largest absolute Gasteiger partial charge is 0.314 e. The molecule has 0 atom stereocenters. The lowest BCUT2D eigenvalue weighted by molar-refractivity contribution is 0.284. The molecular formula is C10H19NO2S. The predicted octanol–water partition coefficient (Wildman–Crippen LogP) is 0.953. The van der Waals surface area contributed by atoms with Gasteiger partial charge in [-0.05, 0) is 38.1 Å². The second kappa shape index (κ2) is 4.19. The number of nitrogens with one attached hydrogen (secondary N) is 1. The van der Waals surface area contributed by atoms with Crippen LogP contribution in [0.5, 0.6) is 0 Å². The Labute approximate surface area is 86.2 Å². The van der Waals surface area contributed by atoms with Crippen molar-refractivity contribution in [1.82, 2.24) is 5.32 Å². The van der Waals surface area contributed by atoms with Crippen LogP contribution < -0.4 is 5.32 Å². The third-order valence-electron chi connectivity index (χ3n) is 3.47. The average Bonchev–Trinajstić information content (AvgIpc) is 2.05. The molecule has 0 radical (unpaired) electrons. The van der Waals surface area contributed by atoms with Gasteiger partial charge in [-0.25, -0.2) is 8.42 Å². The molecule has 0 spiro atoms. The van der Waals surface area contributed by atoms with E-state index in [1.807, 2.05) is 0 Å². The van der Waals surface area contributed by atoms with Gasteiger partial charge in [0.25, 0.3) is 0 Å². The second-order valence-corrected chi connectivity index (χ2v) is 6.93. The zero-order valence-electron chi connectivity index (χ0n) is 8.54. The quantitative estimate of drug-likeness (QED) is 0.765. The van der Waals surface area contributed by atoms with Gasteiger partial charge >= 0.3 is 0 Å². The minimum atomic E-state index is -2.69. The summed E-state index contributed by atoms with van der Waals surface area (Å²) >= 11 is 0. The maximum absolute atomic E-state index is 11.2. The first kappa shape index (κ1) is 10.4. The summed E-state index contributed by atoms with van der Waals surface area (Å²) < 4.78 is 22.3. The molecule has 0 aromatic heterocycles. The molecule has 1 N–H and O–H groups in total. The smallest absolute Gasteiger partial charge is 0.150 e. The maximum atomic E-state index is 11.2. The van der Waals surface area contributed by atoms with Crippen LogP contribution in [0.3, 0.4) is 0 Å². The summed E-state index contributed by atoms with van der Waals surface area (Å²) in [6.45, 7) is 1.10. The van der Waals surface area contributed by atoms with Crippen LogP contribution in [0.2, 0.25) is 0 Å². The Morgan fingerprint density at radius 1 is 1.07 bits per heavy atom. The van der Waals surface area contributed by atoms with Crippen LogP contribution in [0.25, 0.3) is 0 Å². The van der Waals surface area contributed by atoms with E-state index in [-0.39, 0.29) is 0 Å². The van der Waals surface area contributed by atoms with E-state index in [1.165, 1.54) is 19.3 Å². The molecule has 1 saturated heterocycles. The highest BCUT2D eigenvalue weighted by molar-refractivity contribution is 7.91. The lowest BCUT2D eigenvalue weighted by Crippen LogP contribution is -2.40. The Bertz CT molecular complexity index is 268. The Kier molecular flexibility index (Phi) is 3.12. The van der Waals surface area contributed by atoms with Crippen molar-refractivity contribution in [2.45, 2.75) is 38.1 Å². The fraction of sp³-hybridized carbons (Fsp3) is 1.00. The van der Waals surface area contributed by atoms with Gasteiger partial charge in [-0.2, -0.15) is 0 Å². The zero-order valence-corrected chi connectivity index (χ0v) is 9.35. The highest BCUT2D eigenvalue weighted by Crippen LogP contribution is 2.25. The summed E-state index contributed by atoms with van der Waals surface area (Å²) in [5.74, 6) is 1.64. The van der Waals surface area contributed by atoms with E-state index in [9.17, 15) is 8.42 Å². The Balaban J connectivity index is 1.67. The third-order valence-corrected chi connectivity index (χ3v) is 5.19. The van der Waals surface area contributed by atoms with E-state index in [0.717, 1.165) is 25.3 Å². The summed E-state index contributed by atoms with van der Waals surface area (Å²) in [7, 11) is -2.69. The van der Waals surface area contributed by atoms with Gasteiger partial charge in [0.15, 0.2) is 0 Å². The Morgan fingerprint density at radius 2 is 1.71 bits per heavy atom. The van der Waals surface area contributed by atoms with Crippen molar-refractivity contribution >= 4 is 9.84 Å². The van der Waals surface area contributed by atoms with E-state index >= 15 is 0 Å². The van der Waals surface area contributed by atoms with Crippen molar-refractivity contribution in [2.24, 2.45) is 5.92 Å². The number of rotatable bonds is 3. The molecule has 82 valence electrons. The van der Waals surface area contributed by atoms with Crippen molar-refractivity contribution in [3.8, 4) is 0 Å². The first-order chi connectivity index (χ1) is 6.66. The maximum Gasteiger partial charge on any atom is 0.150 e. The van der Waals surface area contributed by atoms with Crippen molar-refractivity contribution in [1.29, 1.82) is 0 Å². The Hall–Kier alpha value is -0.0900. The third kappa shape index (κ3) is 2.70. The molecular weight excluding hydrogens is 198 g/mol. The molecule has 3 nitrogen and oxygen atoms in total. The second-order valence-electron chi connectivity index (χ2n) is 4.63. The number of hydrogen-bond acceptors (Lipinski definition) is 3. The van der Waals surface area contributed by atoms with E-state index in [4.69, 9.17) is 0 Å². The van der Waals surface area contributed by atoms with Crippen molar-refractivity contribution in [3.05, 3.63) is 0 Å². The van der Waals surface area contributed by atoms with Crippen LogP contribution in [-0.4, -0.2) is 32.5 Å². The topological polar surface area (TPSA) is 46.2 Å². The highest BCUT2D eigenvalue weighted by atomic mass is 32.2. The lowest BCUT2D eigenvalue weighted by Gasteiger charge is -2.29. The molecule has 0 aromatic carbocycles. The average molecular weight is 217 g/mol. The molecule has 2 fully saturated rings. The molecule has 0 amide bonds. The lowest BCUT2D eigenvalue weighted by atomic mass is 9.85. The van der Waals surface area contributed by atoms with Gasteiger partial charge in [0, 0.05) is 6.04 Å². The summed E-state index contributed by atoms with van der Waals surface area (Å²) in [4.78, 5) is 0. The molecule has 14 heavy (non-hydrogen) atoms. The normalized spacial score (nSPS) is 28.6. The summed E-state index contributed by atoms with van der Waals surface area (Å²) in [5.41, 5.74) is 0. The Morgan fingerprint density at radius 3 is 2.21 bits per heavy atom. The van der Waals surface area contributed by atoms with E-state index in [0.29, 0.717) is 17.5 Å². The van der Waals surface area contributed by atoms with Gasteiger partial charge in [0.05, 0.1) is 11.5 Å². The minimum Gasteiger partial charge on any atom is -0.314 e. The first-order valence-corrected chi connectivity index (χ1v) is 7.42. The van der Waals surface area contributed by atoms with Crippen molar-refractivity contribution in [3.63, 3.8) is 0 Å². The molecule has 1 aliphatic heterocycles. The number of hydrogen-bond donors (Lipinski definition) is 1. The molecule has 0 bridgehead atoms. The van der Waals surface area contributed by atoms with Gasteiger partial charge in [0.2, 0.25) is 0 Å². The SMILES string of the molecule is O=S1(=O)CCC(NCC2CCC2)CC1. The molecule has 1 heterocycles. The van der Waals surface area contributed by atoms with Crippen LogP contribution in [-0.2, 0) is 9.84 Å². The van der Waals surface area contributed by atoms with Gasteiger partial charge in [0.1, 0.15) is 9.84 Å². The van der Waals surface area contributed by atoms with Crippen molar-refractivity contribution < 1.29 is 8.42 Å². The predicted molar refractivity (Wildman–Crippen MR) is 57.0 cm³/mol. The monoisotopic (exact) mass is 217 g/mol. The first-order valence-electron chi connectivity index (χ1n) is 5.59. The fourth-order valence-corrected chi connectivity index (χ4v) is 3.62. The summed E-state index contributed by atoms with van der Waals surface area (Å²) in [6.07, 6.45) is 5.73. The molecule has 0 aromatic rings. The van der Waals surface area contributed by atoms with Crippen LogP contribution in [0.15, 0.2) is 0 Å². The molecule has 2 rings (SSSR count). The van der Waals surface area contributed by atoms with E-state index in [1.54, 1.807) is 0 Å². The van der Waals surface area contributed by atoms with Crippen LogP contribution in [0.1, 0.15) is 32.1 Å². The van der Waals surface area contributed by atoms with Gasteiger partial charge in [-0.15, -0.1) is 0 Å². The van der Waals surface area contributed by atoms with Crippen LogP contribution in [0.4, 0.5) is 0 Å². The molecule has 2 aliphatic rings. The van der Waals surface area contributed by atoms with E-state index in [2.05, 4.69) is 5.32 Å². The van der Waals surface area contributed by atoms with Gasteiger partial charge in [-0.3, -0.25) is 0 Å². The number of sulfone groups is 1. The van der Waals surface area contributed by atoms with E-state index < -0.39 is 9.84 Å². The van der Waals surface area contributed by atoms with Crippen molar-refractivity contribution in [2.75, 3.05) is 18.1 Å². The summed E-state index contributed by atoms with van der Waals surface area (Å²) in [6, 6.07) is 0.458. The van der Waals surface area contributed by atoms with Crippen LogP contribution in [0, 0.1) is 5.92 Å². The van der Waals surface area contributed by atoms with Gasteiger partial charge in [-0.1, -0.05) is 6.42 Å². The molecule has 0 unspecified atom stereocenters. The standard InChI is InChI=1S/C10H19NO2S/c12-14(13)6-4-10(5-7-14)11-8-9-2-1-3-9/h9-11H,1-8H2. The van der Waals surface area contributed by atoms with Gasteiger partial charge < -0.3 is 5.32 Å². The fourth-order valence-electron chi connectivity index (χ4n) is 2.12. The molecule has 1 saturated carbocycles. The summed E-state index contributed by atoms with van der Waals surface area (Å²) in [5, 5.41) is 3.50. The zero-order chi connectivity index (χ0) is 10.0. The molecule has 1 aliphatic carbocycles. The van der Waals surface area contributed by atoms with Crippen LogP contribution >= 0.6 is 0 Å².